The molecule has 0 amide bonds. The Hall–Kier alpha value is -2.39. The molecule has 4 rings (SSSR count). The van der Waals surface area contributed by atoms with Gasteiger partial charge >= 0.3 is 5.97 Å². The normalized spacial score (nSPS) is 21.2. The Bertz CT molecular complexity index is 972. The number of hydrogen-bond donors (Lipinski definition) is 0. The molecule has 4 heteroatoms. The Morgan fingerprint density at radius 1 is 1.07 bits per heavy atom. The predicted molar refractivity (Wildman–Crippen MR) is 111 cm³/mol. The van der Waals surface area contributed by atoms with Gasteiger partial charge in [-0.05, 0) is 60.1 Å². The first-order valence-corrected chi connectivity index (χ1v) is 10.2. The van der Waals surface area contributed by atoms with Crippen LogP contribution in [0.3, 0.4) is 0 Å². The van der Waals surface area contributed by atoms with Gasteiger partial charge in [0.25, 0.3) is 0 Å². The van der Waals surface area contributed by atoms with Gasteiger partial charge in [0.1, 0.15) is 5.76 Å². The van der Waals surface area contributed by atoms with Gasteiger partial charge in [-0.15, -0.1) is 0 Å². The lowest BCUT2D eigenvalue weighted by Crippen LogP contribution is -2.24. The molecule has 0 radical (unpaired) electrons. The molecule has 0 aromatic heterocycles. The molecule has 2 bridgehead atoms. The fourth-order valence-corrected chi connectivity index (χ4v) is 4.62. The van der Waals surface area contributed by atoms with Gasteiger partial charge in [-0.3, -0.25) is 9.59 Å². The Morgan fingerprint density at radius 2 is 1.75 bits per heavy atom. The molecular formula is C24H23ClO3. The van der Waals surface area contributed by atoms with Gasteiger partial charge in [0.15, 0.2) is 5.78 Å². The Labute approximate surface area is 170 Å². The summed E-state index contributed by atoms with van der Waals surface area (Å²) in [6.45, 7) is 3.49. The highest BCUT2D eigenvalue weighted by Crippen LogP contribution is 2.47. The van der Waals surface area contributed by atoms with Crippen molar-refractivity contribution < 1.29 is 14.3 Å². The van der Waals surface area contributed by atoms with Gasteiger partial charge in [0, 0.05) is 23.8 Å². The highest BCUT2D eigenvalue weighted by molar-refractivity contribution is 6.30. The maximum atomic E-state index is 13.2. The summed E-state index contributed by atoms with van der Waals surface area (Å²) in [5.74, 6) is 0.572. The zero-order chi connectivity index (χ0) is 19.8. The molecule has 2 unspecified atom stereocenters. The average Bonchev–Trinajstić information content (AvgIpc) is 3.13. The lowest BCUT2D eigenvalue weighted by molar-refractivity contribution is -0.137. The second-order valence-electron chi connectivity index (χ2n) is 7.64. The molecular weight excluding hydrogens is 372 g/mol. The van der Waals surface area contributed by atoms with E-state index in [9.17, 15) is 9.59 Å². The van der Waals surface area contributed by atoms with E-state index in [2.05, 4.69) is 13.0 Å². The largest absolute Gasteiger partial charge is 0.430 e. The van der Waals surface area contributed by atoms with E-state index < -0.39 is 0 Å². The summed E-state index contributed by atoms with van der Waals surface area (Å²) in [7, 11) is 0. The molecule has 0 spiro atoms. The van der Waals surface area contributed by atoms with Crippen molar-refractivity contribution in [3.05, 3.63) is 64.4 Å². The number of hydrogen-bond acceptors (Lipinski definition) is 3. The fourth-order valence-electron chi connectivity index (χ4n) is 4.49. The average molecular weight is 395 g/mol. The van der Waals surface area contributed by atoms with Gasteiger partial charge < -0.3 is 4.74 Å². The molecule has 2 aliphatic carbocycles. The van der Waals surface area contributed by atoms with E-state index in [-0.39, 0.29) is 23.6 Å². The quantitative estimate of drug-likeness (QED) is 0.611. The van der Waals surface area contributed by atoms with Crippen LogP contribution in [-0.4, -0.2) is 11.8 Å². The monoisotopic (exact) mass is 394 g/mol. The summed E-state index contributed by atoms with van der Waals surface area (Å²) in [6, 6.07) is 13.9. The molecule has 2 aromatic rings. The Morgan fingerprint density at radius 3 is 2.43 bits per heavy atom. The van der Waals surface area contributed by atoms with E-state index >= 15 is 0 Å². The zero-order valence-corrected chi connectivity index (χ0v) is 16.9. The van der Waals surface area contributed by atoms with Crippen LogP contribution in [0.25, 0.3) is 16.7 Å². The lowest BCUT2D eigenvalue weighted by atomic mass is 9.81. The summed E-state index contributed by atoms with van der Waals surface area (Å²) < 4.78 is 5.59. The van der Waals surface area contributed by atoms with E-state index in [1.54, 1.807) is 0 Å². The Kier molecular flexibility index (Phi) is 5.11. The van der Waals surface area contributed by atoms with Crippen molar-refractivity contribution >= 4 is 28.9 Å². The molecule has 0 aliphatic heterocycles. The summed E-state index contributed by atoms with van der Waals surface area (Å²) in [5.41, 5.74) is 4.77. The van der Waals surface area contributed by atoms with E-state index in [0.717, 1.165) is 47.9 Å². The summed E-state index contributed by atoms with van der Waals surface area (Å²) in [6.07, 6.45) is 3.38. The van der Waals surface area contributed by atoms with Crippen LogP contribution in [0, 0.1) is 11.8 Å². The minimum Gasteiger partial charge on any atom is -0.430 e. The zero-order valence-electron chi connectivity index (χ0n) is 16.1. The molecule has 0 saturated heterocycles. The smallest absolute Gasteiger partial charge is 0.307 e. The van der Waals surface area contributed by atoms with Crippen molar-refractivity contribution in [1.29, 1.82) is 0 Å². The molecule has 1 fully saturated rings. The maximum Gasteiger partial charge on any atom is 0.307 e. The molecule has 28 heavy (non-hydrogen) atoms. The van der Waals surface area contributed by atoms with Crippen LogP contribution < -0.4 is 0 Å². The van der Waals surface area contributed by atoms with Gasteiger partial charge in [-0.2, -0.15) is 0 Å². The first kappa shape index (κ1) is 18.9. The van der Waals surface area contributed by atoms with Crippen LogP contribution in [0.1, 0.15) is 44.2 Å². The van der Waals surface area contributed by atoms with E-state index in [0.29, 0.717) is 16.4 Å². The number of aryl methyl sites for hydroxylation is 1. The predicted octanol–water partition coefficient (Wildman–Crippen LogP) is 5.84. The number of carbonyl (C=O) groups excluding carboxylic acids is 2. The third-order valence-corrected chi connectivity index (χ3v) is 6.11. The first-order valence-electron chi connectivity index (χ1n) is 9.84. The van der Waals surface area contributed by atoms with Crippen molar-refractivity contribution in [3.8, 4) is 11.1 Å². The van der Waals surface area contributed by atoms with Crippen LogP contribution in [0.4, 0.5) is 0 Å². The van der Waals surface area contributed by atoms with Crippen LogP contribution in [0.2, 0.25) is 5.02 Å². The third kappa shape index (κ3) is 3.40. The summed E-state index contributed by atoms with van der Waals surface area (Å²) >= 11 is 6.01. The molecule has 1 saturated carbocycles. The van der Waals surface area contributed by atoms with Gasteiger partial charge in [0.2, 0.25) is 0 Å². The van der Waals surface area contributed by atoms with Crippen molar-refractivity contribution in [2.75, 3.05) is 0 Å². The van der Waals surface area contributed by atoms with Crippen LogP contribution >= 0.6 is 11.6 Å². The van der Waals surface area contributed by atoms with E-state index in [1.807, 2.05) is 36.4 Å². The molecule has 3 nitrogen and oxygen atoms in total. The van der Waals surface area contributed by atoms with Crippen molar-refractivity contribution in [1.82, 2.24) is 0 Å². The molecule has 2 aliphatic rings. The second kappa shape index (κ2) is 7.56. The summed E-state index contributed by atoms with van der Waals surface area (Å²) in [4.78, 5) is 24.9. The van der Waals surface area contributed by atoms with Gasteiger partial charge in [-0.25, -0.2) is 0 Å². The number of halogens is 1. The standard InChI is InChI=1S/C24H23ClO3/c1-3-15-12-17(16-6-9-20(25)10-7-16)8-11-21(15)22-23(27)18-4-5-19(13-18)24(22)28-14(2)26/h6-12,18-19H,3-5,13H2,1-2H3. The number of ketones is 1. The minimum absolute atomic E-state index is 0.0555. The fraction of sp³-hybridized carbons (Fsp3) is 0.333. The number of allylic oxidation sites excluding steroid dienone is 2. The number of benzene rings is 2. The van der Waals surface area contributed by atoms with Crippen LogP contribution in [0.5, 0.6) is 0 Å². The van der Waals surface area contributed by atoms with Crippen LogP contribution in [-0.2, 0) is 20.7 Å². The molecule has 0 heterocycles. The van der Waals surface area contributed by atoms with E-state index in [1.165, 1.54) is 6.92 Å². The topological polar surface area (TPSA) is 43.4 Å². The second-order valence-corrected chi connectivity index (χ2v) is 8.07. The highest BCUT2D eigenvalue weighted by Gasteiger charge is 2.43. The number of Topliss-reactive ketones (excluding diaryl/α,β-unsaturated/α-hetero) is 1. The number of fused-ring (bicyclic) bond motifs is 2. The molecule has 0 N–H and O–H groups in total. The highest BCUT2D eigenvalue weighted by atomic mass is 35.5. The third-order valence-electron chi connectivity index (χ3n) is 5.85. The lowest BCUT2D eigenvalue weighted by Gasteiger charge is -2.26. The Balaban J connectivity index is 1.83. The number of ether oxygens (including phenoxy) is 1. The molecule has 2 atom stereocenters. The van der Waals surface area contributed by atoms with Crippen molar-refractivity contribution in [3.63, 3.8) is 0 Å². The number of carbonyl (C=O) groups is 2. The minimum atomic E-state index is -0.360. The number of esters is 1. The van der Waals surface area contributed by atoms with Crippen LogP contribution in [0.15, 0.2) is 48.2 Å². The molecule has 144 valence electrons. The van der Waals surface area contributed by atoms with Gasteiger partial charge in [-0.1, -0.05) is 48.9 Å². The summed E-state index contributed by atoms with van der Waals surface area (Å²) in [5, 5.41) is 0.704. The molecule has 2 aromatic carbocycles. The maximum absolute atomic E-state index is 13.2. The van der Waals surface area contributed by atoms with E-state index in [4.69, 9.17) is 16.3 Å². The van der Waals surface area contributed by atoms with Gasteiger partial charge in [0.05, 0.1) is 5.57 Å². The van der Waals surface area contributed by atoms with Crippen molar-refractivity contribution in [2.45, 2.75) is 39.5 Å². The number of rotatable bonds is 4. The first-order chi connectivity index (χ1) is 13.5. The SMILES string of the molecule is CCc1cc(-c2ccc(Cl)cc2)ccc1C1=C(OC(C)=O)C2CCC(C2)C1=O. The van der Waals surface area contributed by atoms with Crippen molar-refractivity contribution in [2.24, 2.45) is 11.8 Å².